The van der Waals surface area contributed by atoms with Gasteiger partial charge in [0, 0.05) is 23.5 Å². The lowest BCUT2D eigenvalue weighted by molar-refractivity contribution is 0.583. The first-order valence-corrected chi connectivity index (χ1v) is 7.07. The summed E-state index contributed by atoms with van der Waals surface area (Å²) in [5.41, 5.74) is 0.237. The Hall–Kier alpha value is -1.17. The average Bonchev–Trinajstić information content (AvgIpc) is 2.14. The van der Waals surface area contributed by atoms with Crippen LogP contribution in [0.5, 0.6) is 0 Å². The minimum absolute atomic E-state index is 0.0521. The SMILES string of the molecule is CCS(=O)(=O)CC(C)Nc1cc(F)cc(F)c1. The van der Waals surface area contributed by atoms with Gasteiger partial charge in [-0.3, -0.25) is 0 Å². The molecule has 0 saturated carbocycles. The van der Waals surface area contributed by atoms with Crippen LogP contribution in [0.3, 0.4) is 0 Å². The molecule has 0 spiro atoms. The van der Waals surface area contributed by atoms with Gasteiger partial charge in [-0.25, -0.2) is 17.2 Å². The van der Waals surface area contributed by atoms with Crippen LogP contribution in [0.25, 0.3) is 0 Å². The van der Waals surface area contributed by atoms with Gasteiger partial charge in [-0.2, -0.15) is 0 Å². The van der Waals surface area contributed by atoms with Crippen molar-refractivity contribution in [3.05, 3.63) is 29.8 Å². The van der Waals surface area contributed by atoms with E-state index in [1.54, 1.807) is 13.8 Å². The van der Waals surface area contributed by atoms with Crippen LogP contribution in [-0.2, 0) is 9.84 Å². The molecule has 0 bridgehead atoms. The Balaban J connectivity index is 2.71. The molecule has 1 aromatic carbocycles. The maximum absolute atomic E-state index is 12.9. The first-order valence-electron chi connectivity index (χ1n) is 5.25. The Labute approximate surface area is 99.8 Å². The normalized spacial score (nSPS) is 13.4. The van der Waals surface area contributed by atoms with Crippen LogP contribution in [0.15, 0.2) is 18.2 Å². The summed E-state index contributed by atoms with van der Waals surface area (Å²) in [6.45, 7) is 3.21. The molecule has 0 aliphatic rings. The van der Waals surface area contributed by atoms with E-state index in [0.717, 1.165) is 18.2 Å². The molecule has 1 aromatic rings. The monoisotopic (exact) mass is 263 g/mol. The first kappa shape index (κ1) is 13.9. The Morgan fingerprint density at radius 2 is 1.76 bits per heavy atom. The Kier molecular flexibility index (Phi) is 4.45. The van der Waals surface area contributed by atoms with E-state index in [9.17, 15) is 17.2 Å². The second-order valence-electron chi connectivity index (χ2n) is 3.90. The Morgan fingerprint density at radius 3 is 2.24 bits per heavy atom. The minimum Gasteiger partial charge on any atom is -0.381 e. The van der Waals surface area contributed by atoms with Crippen LogP contribution in [-0.4, -0.2) is 26.0 Å². The summed E-state index contributed by atoms with van der Waals surface area (Å²) in [5, 5.41) is 2.75. The number of hydrogen-bond acceptors (Lipinski definition) is 3. The number of hydrogen-bond donors (Lipinski definition) is 1. The zero-order valence-corrected chi connectivity index (χ0v) is 10.5. The van der Waals surface area contributed by atoms with Crippen molar-refractivity contribution >= 4 is 15.5 Å². The molecule has 0 heterocycles. The van der Waals surface area contributed by atoms with Gasteiger partial charge in [-0.1, -0.05) is 6.92 Å². The Bertz CT molecular complexity index is 468. The lowest BCUT2D eigenvalue weighted by Gasteiger charge is -2.15. The smallest absolute Gasteiger partial charge is 0.152 e. The van der Waals surface area contributed by atoms with Gasteiger partial charge in [-0.15, -0.1) is 0 Å². The number of benzene rings is 1. The van der Waals surface area contributed by atoms with Crippen molar-refractivity contribution in [2.75, 3.05) is 16.8 Å². The average molecular weight is 263 g/mol. The lowest BCUT2D eigenvalue weighted by Crippen LogP contribution is -2.26. The van der Waals surface area contributed by atoms with E-state index in [2.05, 4.69) is 5.32 Å². The second-order valence-corrected chi connectivity index (χ2v) is 6.30. The third-order valence-electron chi connectivity index (χ3n) is 2.22. The highest BCUT2D eigenvalue weighted by atomic mass is 32.2. The van der Waals surface area contributed by atoms with Crippen molar-refractivity contribution in [2.24, 2.45) is 0 Å². The molecular weight excluding hydrogens is 248 g/mol. The molecule has 96 valence electrons. The van der Waals surface area contributed by atoms with Gasteiger partial charge in [0.05, 0.1) is 5.75 Å². The van der Waals surface area contributed by atoms with Crippen molar-refractivity contribution in [3.8, 4) is 0 Å². The van der Waals surface area contributed by atoms with Gasteiger partial charge in [0.2, 0.25) is 0 Å². The van der Waals surface area contributed by atoms with Crippen LogP contribution in [0.2, 0.25) is 0 Å². The van der Waals surface area contributed by atoms with Gasteiger partial charge in [-0.05, 0) is 19.1 Å². The summed E-state index contributed by atoms with van der Waals surface area (Å²) in [6, 6.07) is 2.61. The van der Waals surface area contributed by atoms with E-state index in [0.29, 0.717) is 0 Å². The van der Waals surface area contributed by atoms with E-state index in [4.69, 9.17) is 0 Å². The van der Waals surface area contributed by atoms with Crippen molar-refractivity contribution in [1.29, 1.82) is 0 Å². The van der Waals surface area contributed by atoms with E-state index >= 15 is 0 Å². The molecule has 0 radical (unpaired) electrons. The third kappa shape index (κ3) is 4.68. The highest BCUT2D eigenvalue weighted by Gasteiger charge is 2.14. The molecule has 0 aliphatic heterocycles. The largest absolute Gasteiger partial charge is 0.381 e. The number of halogens is 2. The molecule has 1 rings (SSSR count). The van der Waals surface area contributed by atoms with Gasteiger partial charge in [0.15, 0.2) is 9.84 Å². The zero-order chi connectivity index (χ0) is 13.1. The fourth-order valence-corrected chi connectivity index (χ4v) is 2.54. The second kappa shape index (κ2) is 5.44. The third-order valence-corrected chi connectivity index (χ3v) is 4.11. The lowest BCUT2D eigenvalue weighted by atomic mass is 10.2. The topological polar surface area (TPSA) is 46.2 Å². The Morgan fingerprint density at radius 1 is 1.24 bits per heavy atom. The van der Waals surface area contributed by atoms with Crippen molar-refractivity contribution in [3.63, 3.8) is 0 Å². The number of sulfone groups is 1. The highest BCUT2D eigenvalue weighted by Crippen LogP contribution is 2.14. The van der Waals surface area contributed by atoms with E-state index in [-0.39, 0.29) is 17.2 Å². The predicted molar refractivity (Wildman–Crippen MR) is 63.8 cm³/mol. The molecule has 0 saturated heterocycles. The van der Waals surface area contributed by atoms with E-state index in [1.165, 1.54) is 0 Å². The number of rotatable bonds is 5. The van der Waals surface area contributed by atoms with E-state index in [1.807, 2.05) is 0 Å². The molecule has 0 aliphatic carbocycles. The van der Waals surface area contributed by atoms with Gasteiger partial charge in [0.1, 0.15) is 11.6 Å². The van der Waals surface area contributed by atoms with Gasteiger partial charge in [0.25, 0.3) is 0 Å². The van der Waals surface area contributed by atoms with Crippen LogP contribution in [0.1, 0.15) is 13.8 Å². The minimum atomic E-state index is -3.11. The molecule has 1 N–H and O–H groups in total. The van der Waals surface area contributed by atoms with Crippen LogP contribution >= 0.6 is 0 Å². The standard InChI is InChI=1S/C11H15F2NO2S/c1-3-17(15,16)7-8(2)14-11-5-9(12)4-10(13)6-11/h4-6,8,14H,3,7H2,1-2H3. The highest BCUT2D eigenvalue weighted by molar-refractivity contribution is 7.91. The molecule has 1 atom stereocenters. The fourth-order valence-electron chi connectivity index (χ4n) is 1.46. The summed E-state index contributed by atoms with van der Waals surface area (Å²) < 4.78 is 48.5. The molecular formula is C11H15F2NO2S. The molecule has 0 fully saturated rings. The molecule has 0 amide bonds. The zero-order valence-electron chi connectivity index (χ0n) is 9.70. The van der Waals surface area contributed by atoms with Crippen LogP contribution < -0.4 is 5.32 Å². The van der Waals surface area contributed by atoms with Crippen molar-refractivity contribution < 1.29 is 17.2 Å². The predicted octanol–water partition coefficient (Wildman–Crippen LogP) is 2.20. The number of anilines is 1. The fraction of sp³-hybridized carbons (Fsp3) is 0.455. The maximum atomic E-state index is 12.9. The summed E-state index contributed by atoms with van der Waals surface area (Å²) in [7, 11) is -3.11. The van der Waals surface area contributed by atoms with Gasteiger partial charge >= 0.3 is 0 Å². The number of nitrogens with one attached hydrogen (secondary N) is 1. The molecule has 0 aromatic heterocycles. The van der Waals surface area contributed by atoms with Crippen LogP contribution in [0, 0.1) is 11.6 Å². The summed E-state index contributed by atoms with van der Waals surface area (Å²) in [4.78, 5) is 0. The molecule has 1 unspecified atom stereocenters. The first-order chi connectivity index (χ1) is 7.82. The summed E-state index contributed by atoms with van der Waals surface area (Å²) in [5.74, 6) is -1.41. The maximum Gasteiger partial charge on any atom is 0.152 e. The summed E-state index contributed by atoms with van der Waals surface area (Å²) in [6.07, 6.45) is 0. The van der Waals surface area contributed by atoms with Crippen molar-refractivity contribution in [1.82, 2.24) is 0 Å². The van der Waals surface area contributed by atoms with Crippen molar-refractivity contribution in [2.45, 2.75) is 19.9 Å². The summed E-state index contributed by atoms with van der Waals surface area (Å²) >= 11 is 0. The van der Waals surface area contributed by atoms with Gasteiger partial charge < -0.3 is 5.32 Å². The van der Waals surface area contributed by atoms with Crippen LogP contribution in [0.4, 0.5) is 14.5 Å². The molecule has 17 heavy (non-hydrogen) atoms. The quantitative estimate of drug-likeness (QED) is 0.886. The molecule has 3 nitrogen and oxygen atoms in total. The molecule has 6 heteroatoms. The van der Waals surface area contributed by atoms with E-state index < -0.39 is 27.5 Å².